The highest BCUT2D eigenvalue weighted by molar-refractivity contribution is 5.83. The molecule has 0 fully saturated rings. The second kappa shape index (κ2) is 7.73. The summed E-state index contributed by atoms with van der Waals surface area (Å²) in [6.07, 6.45) is 4.42. The maximum atomic E-state index is 12.6. The number of hydrogen-bond acceptors (Lipinski definition) is 3. The van der Waals surface area contributed by atoms with Crippen LogP contribution in [0.1, 0.15) is 37.1 Å². The van der Waals surface area contributed by atoms with E-state index in [0.29, 0.717) is 13.0 Å². The van der Waals surface area contributed by atoms with Crippen LogP contribution in [-0.4, -0.2) is 27.0 Å². The minimum absolute atomic E-state index is 0.0804. The van der Waals surface area contributed by atoms with Crippen molar-refractivity contribution in [1.82, 2.24) is 19.9 Å². The lowest BCUT2D eigenvalue weighted by Gasteiger charge is -2.16. The van der Waals surface area contributed by atoms with Crippen LogP contribution in [0.4, 0.5) is 0 Å². The van der Waals surface area contributed by atoms with Gasteiger partial charge < -0.3 is 5.32 Å². The molecule has 3 aromatic rings. The molecule has 0 saturated heterocycles. The second-order valence-electron chi connectivity index (χ2n) is 5.84. The lowest BCUT2D eigenvalue weighted by atomic mass is 9.93. The van der Waals surface area contributed by atoms with Gasteiger partial charge >= 0.3 is 0 Å². The fourth-order valence-electron chi connectivity index (χ4n) is 2.91. The summed E-state index contributed by atoms with van der Waals surface area (Å²) in [5.41, 5.74) is 1.90. The number of carbonyl (C=O) groups excluding carboxylic acids is 1. The molecular formula is C19H22N4O. The van der Waals surface area contributed by atoms with Gasteiger partial charge in [0, 0.05) is 19.2 Å². The SMILES string of the molecule is CCCC(C(=O)NCCc1nnc2ccccn12)c1ccccc1. The summed E-state index contributed by atoms with van der Waals surface area (Å²) in [7, 11) is 0. The van der Waals surface area contributed by atoms with E-state index >= 15 is 0 Å². The van der Waals surface area contributed by atoms with Crippen LogP contribution >= 0.6 is 0 Å². The molecule has 3 rings (SSSR count). The number of benzene rings is 1. The molecule has 2 aromatic heterocycles. The van der Waals surface area contributed by atoms with Crippen molar-refractivity contribution in [3.63, 3.8) is 0 Å². The maximum Gasteiger partial charge on any atom is 0.227 e. The highest BCUT2D eigenvalue weighted by Gasteiger charge is 2.19. The molecule has 1 aromatic carbocycles. The predicted molar refractivity (Wildman–Crippen MR) is 93.8 cm³/mol. The van der Waals surface area contributed by atoms with Crippen LogP contribution in [0.2, 0.25) is 0 Å². The lowest BCUT2D eigenvalue weighted by Crippen LogP contribution is -2.31. The van der Waals surface area contributed by atoms with Gasteiger partial charge in [-0.1, -0.05) is 49.7 Å². The summed E-state index contributed by atoms with van der Waals surface area (Å²) in [6, 6.07) is 15.8. The van der Waals surface area contributed by atoms with Gasteiger partial charge in [-0.25, -0.2) is 0 Å². The van der Waals surface area contributed by atoms with E-state index in [4.69, 9.17) is 0 Å². The van der Waals surface area contributed by atoms with Crippen molar-refractivity contribution >= 4 is 11.6 Å². The van der Waals surface area contributed by atoms with Gasteiger partial charge in [0.25, 0.3) is 0 Å². The molecule has 5 nitrogen and oxygen atoms in total. The fourth-order valence-corrected chi connectivity index (χ4v) is 2.91. The van der Waals surface area contributed by atoms with Gasteiger partial charge in [-0.3, -0.25) is 9.20 Å². The van der Waals surface area contributed by atoms with Crippen molar-refractivity contribution in [2.75, 3.05) is 6.54 Å². The highest BCUT2D eigenvalue weighted by Crippen LogP contribution is 2.21. The maximum absolute atomic E-state index is 12.6. The molecule has 1 amide bonds. The smallest absolute Gasteiger partial charge is 0.227 e. The molecule has 24 heavy (non-hydrogen) atoms. The molecule has 1 atom stereocenters. The Morgan fingerprint density at radius 3 is 2.71 bits per heavy atom. The molecule has 0 radical (unpaired) electrons. The van der Waals surface area contributed by atoms with Gasteiger partial charge in [0.2, 0.25) is 5.91 Å². The average molecular weight is 322 g/mol. The van der Waals surface area contributed by atoms with Crippen LogP contribution in [-0.2, 0) is 11.2 Å². The van der Waals surface area contributed by atoms with Gasteiger partial charge in [-0.15, -0.1) is 10.2 Å². The van der Waals surface area contributed by atoms with E-state index in [-0.39, 0.29) is 11.8 Å². The van der Waals surface area contributed by atoms with Crippen molar-refractivity contribution in [3.05, 3.63) is 66.1 Å². The summed E-state index contributed by atoms with van der Waals surface area (Å²) >= 11 is 0. The zero-order valence-corrected chi connectivity index (χ0v) is 13.9. The molecule has 1 unspecified atom stereocenters. The van der Waals surface area contributed by atoms with E-state index in [1.165, 1.54) is 0 Å². The number of hydrogen-bond donors (Lipinski definition) is 1. The minimum Gasteiger partial charge on any atom is -0.355 e. The Labute approximate surface area is 141 Å². The molecule has 124 valence electrons. The molecule has 5 heteroatoms. The van der Waals surface area contributed by atoms with Gasteiger partial charge in [0.1, 0.15) is 5.82 Å². The lowest BCUT2D eigenvalue weighted by molar-refractivity contribution is -0.122. The number of amides is 1. The molecule has 1 N–H and O–H groups in total. The minimum atomic E-state index is -0.0913. The van der Waals surface area contributed by atoms with E-state index < -0.39 is 0 Å². The topological polar surface area (TPSA) is 59.3 Å². The Balaban J connectivity index is 1.61. The largest absolute Gasteiger partial charge is 0.355 e. The number of aromatic nitrogens is 3. The first-order valence-electron chi connectivity index (χ1n) is 8.41. The van der Waals surface area contributed by atoms with E-state index in [0.717, 1.165) is 29.9 Å². The van der Waals surface area contributed by atoms with Crippen molar-refractivity contribution in [2.45, 2.75) is 32.1 Å². The number of pyridine rings is 1. The van der Waals surface area contributed by atoms with Gasteiger partial charge in [-0.2, -0.15) is 0 Å². The molecule has 0 saturated carbocycles. The molecule has 0 aliphatic heterocycles. The highest BCUT2D eigenvalue weighted by atomic mass is 16.1. The van der Waals surface area contributed by atoms with Crippen molar-refractivity contribution in [2.24, 2.45) is 0 Å². The Bertz CT molecular complexity index is 797. The van der Waals surface area contributed by atoms with E-state index in [1.54, 1.807) is 0 Å². The third-order valence-corrected chi connectivity index (χ3v) is 4.13. The Morgan fingerprint density at radius 1 is 1.12 bits per heavy atom. The predicted octanol–water partition coefficient (Wildman–Crippen LogP) is 2.97. The quantitative estimate of drug-likeness (QED) is 0.727. The third-order valence-electron chi connectivity index (χ3n) is 4.13. The molecule has 2 heterocycles. The first-order valence-corrected chi connectivity index (χ1v) is 8.41. The first-order chi connectivity index (χ1) is 11.8. The number of nitrogens with one attached hydrogen (secondary N) is 1. The Kier molecular flexibility index (Phi) is 5.21. The third kappa shape index (κ3) is 3.62. The van der Waals surface area contributed by atoms with Crippen LogP contribution < -0.4 is 5.32 Å². The second-order valence-corrected chi connectivity index (χ2v) is 5.84. The average Bonchev–Trinajstić information content (AvgIpc) is 3.03. The van der Waals surface area contributed by atoms with Gasteiger partial charge in [-0.05, 0) is 24.1 Å². The van der Waals surface area contributed by atoms with Crippen molar-refractivity contribution < 1.29 is 4.79 Å². The Morgan fingerprint density at radius 2 is 1.92 bits per heavy atom. The molecule has 0 spiro atoms. The zero-order valence-electron chi connectivity index (χ0n) is 13.9. The monoisotopic (exact) mass is 322 g/mol. The van der Waals surface area contributed by atoms with E-state index in [9.17, 15) is 4.79 Å². The standard InChI is InChI=1S/C19H22N4O/c1-2-8-16(15-9-4-3-5-10-15)19(24)20-13-12-18-22-21-17-11-6-7-14-23(17)18/h3-7,9-11,14,16H,2,8,12-13H2,1H3,(H,20,24). The zero-order chi connectivity index (χ0) is 16.8. The number of nitrogens with zero attached hydrogens (tertiary/aromatic N) is 3. The van der Waals surface area contributed by atoms with Crippen LogP contribution in [0, 0.1) is 0 Å². The van der Waals surface area contributed by atoms with Crippen LogP contribution in [0.25, 0.3) is 5.65 Å². The summed E-state index contributed by atoms with van der Waals surface area (Å²) < 4.78 is 1.95. The fraction of sp³-hybridized carbons (Fsp3) is 0.316. The van der Waals surface area contributed by atoms with Crippen LogP contribution in [0.15, 0.2) is 54.7 Å². The number of carbonyl (C=O) groups is 1. The normalized spacial score (nSPS) is 12.2. The summed E-state index contributed by atoms with van der Waals surface area (Å²) in [6.45, 7) is 2.66. The summed E-state index contributed by atoms with van der Waals surface area (Å²) in [5, 5.41) is 11.4. The molecule has 0 bridgehead atoms. The molecule has 0 aliphatic carbocycles. The van der Waals surface area contributed by atoms with Gasteiger partial charge in [0.15, 0.2) is 5.65 Å². The first kappa shape index (κ1) is 16.2. The van der Waals surface area contributed by atoms with E-state index in [2.05, 4.69) is 22.4 Å². The van der Waals surface area contributed by atoms with Crippen LogP contribution in [0.5, 0.6) is 0 Å². The molecular weight excluding hydrogens is 300 g/mol. The molecule has 0 aliphatic rings. The summed E-state index contributed by atoms with van der Waals surface area (Å²) in [4.78, 5) is 12.6. The van der Waals surface area contributed by atoms with E-state index in [1.807, 2.05) is 59.1 Å². The van der Waals surface area contributed by atoms with Crippen molar-refractivity contribution in [1.29, 1.82) is 0 Å². The number of fused-ring (bicyclic) bond motifs is 1. The summed E-state index contributed by atoms with van der Waals surface area (Å²) in [5.74, 6) is 0.848. The van der Waals surface area contributed by atoms with Crippen molar-refractivity contribution in [3.8, 4) is 0 Å². The Hall–Kier alpha value is -2.69. The number of rotatable bonds is 7. The van der Waals surface area contributed by atoms with Gasteiger partial charge in [0.05, 0.1) is 5.92 Å². The van der Waals surface area contributed by atoms with Crippen LogP contribution in [0.3, 0.4) is 0 Å².